The van der Waals surface area contributed by atoms with E-state index in [9.17, 15) is 4.79 Å². The number of ether oxygens (including phenoxy) is 1. The smallest absolute Gasteiger partial charge is 0.356 e. The van der Waals surface area contributed by atoms with Crippen LogP contribution < -0.4 is 0 Å². The van der Waals surface area contributed by atoms with Gasteiger partial charge in [0.1, 0.15) is 5.71 Å². The SMILES string of the molecule is C=CC(=NC(=C)C=N)C(=O)OCC. The minimum Gasteiger partial charge on any atom is -0.461 e. The Kier molecular flexibility index (Phi) is 5.11. The molecule has 13 heavy (non-hydrogen) atoms. The highest BCUT2D eigenvalue weighted by molar-refractivity contribution is 6.41. The highest BCUT2D eigenvalue weighted by Gasteiger charge is 2.07. The van der Waals surface area contributed by atoms with Gasteiger partial charge in [0.25, 0.3) is 0 Å². The van der Waals surface area contributed by atoms with E-state index in [1.165, 1.54) is 6.08 Å². The van der Waals surface area contributed by atoms with Gasteiger partial charge in [0.15, 0.2) is 0 Å². The van der Waals surface area contributed by atoms with Crippen molar-refractivity contribution in [2.45, 2.75) is 6.92 Å². The van der Waals surface area contributed by atoms with Crippen molar-refractivity contribution in [3.8, 4) is 0 Å². The lowest BCUT2D eigenvalue weighted by atomic mass is 10.3. The van der Waals surface area contributed by atoms with Gasteiger partial charge in [-0.15, -0.1) is 0 Å². The van der Waals surface area contributed by atoms with E-state index in [0.29, 0.717) is 0 Å². The third-order valence-corrected chi connectivity index (χ3v) is 1.11. The number of nitrogens with one attached hydrogen (secondary N) is 1. The fourth-order valence-corrected chi connectivity index (χ4v) is 0.567. The van der Waals surface area contributed by atoms with E-state index in [-0.39, 0.29) is 18.0 Å². The normalized spacial score (nSPS) is 10.4. The lowest BCUT2D eigenvalue weighted by Crippen LogP contribution is -2.15. The van der Waals surface area contributed by atoms with E-state index in [1.54, 1.807) is 6.92 Å². The number of nitrogens with zero attached hydrogens (tertiary/aromatic N) is 1. The first kappa shape index (κ1) is 11.3. The minimum absolute atomic E-state index is 0.0651. The molecule has 0 aliphatic heterocycles. The van der Waals surface area contributed by atoms with Gasteiger partial charge in [0.2, 0.25) is 0 Å². The lowest BCUT2D eigenvalue weighted by Gasteiger charge is -2.00. The summed E-state index contributed by atoms with van der Waals surface area (Å²) in [5.74, 6) is -0.555. The number of allylic oxidation sites excluding steroid dienone is 1. The van der Waals surface area contributed by atoms with Crippen LogP contribution in [0.3, 0.4) is 0 Å². The maximum absolute atomic E-state index is 11.1. The molecular formula is C9H12N2O2. The number of hydrogen-bond donors (Lipinski definition) is 1. The third-order valence-electron chi connectivity index (χ3n) is 1.11. The van der Waals surface area contributed by atoms with Gasteiger partial charge < -0.3 is 10.1 Å². The Morgan fingerprint density at radius 2 is 2.31 bits per heavy atom. The summed E-state index contributed by atoms with van der Waals surface area (Å²) < 4.78 is 4.68. The summed E-state index contributed by atoms with van der Waals surface area (Å²) in [5, 5.41) is 6.80. The zero-order chi connectivity index (χ0) is 10.3. The van der Waals surface area contributed by atoms with Gasteiger partial charge in [-0.3, -0.25) is 0 Å². The van der Waals surface area contributed by atoms with E-state index in [4.69, 9.17) is 5.41 Å². The molecule has 70 valence electrons. The van der Waals surface area contributed by atoms with E-state index < -0.39 is 5.97 Å². The number of carbonyl (C=O) groups excluding carboxylic acids is 1. The summed E-state index contributed by atoms with van der Waals surface area (Å²) in [4.78, 5) is 14.8. The molecule has 1 N–H and O–H groups in total. The van der Waals surface area contributed by atoms with Crippen LogP contribution in [0.4, 0.5) is 0 Å². The van der Waals surface area contributed by atoms with Gasteiger partial charge >= 0.3 is 5.97 Å². The van der Waals surface area contributed by atoms with Crippen molar-refractivity contribution in [2.24, 2.45) is 4.99 Å². The third kappa shape index (κ3) is 4.00. The Morgan fingerprint density at radius 3 is 2.69 bits per heavy atom. The lowest BCUT2D eigenvalue weighted by molar-refractivity contribution is -0.134. The monoisotopic (exact) mass is 180 g/mol. The molecule has 0 amide bonds. The van der Waals surface area contributed by atoms with Crippen molar-refractivity contribution in [1.82, 2.24) is 0 Å². The topological polar surface area (TPSA) is 62.5 Å². The van der Waals surface area contributed by atoms with Crippen LogP contribution in [0.5, 0.6) is 0 Å². The van der Waals surface area contributed by atoms with Crippen molar-refractivity contribution in [2.75, 3.05) is 6.61 Å². The van der Waals surface area contributed by atoms with E-state index in [0.717, 1.165) is 6.21 Å². The van der Waals surface area contributed by atoms with Gasteiger partial charge in [0.05, 0.1) is 12.3 Å². The van der Waals surface area contributed by atoms with Crippen LogP contribution in [0.1, 0.15) is 6.92 Å². The van der Waals surface area contributed by atoms with E-state index in [1.807, 2.05) is 0 Å². The first-order valence-electron chi connectivity index (χ1n) is 3.73. The zero-order valence-corrected chi connectivity index (χ0v) is 7.54. The average molecular weight is 180 g/mol. The molecule has 4 heteroatoms. The molecule has 0 atom stereocenters. The standard InChI is InChI=1S/C9H12N2O2/c1-4-8(9(12)13-5-2)11-7(3)6-10/h4,6,10H,1,3,5H2,2H3. The largest absolute Gasteiger partial charge is 0.461 e. The maximum Gasteiger partial charge on any atom is 0.356 e. The Morgan fingerprint density at radius 1 is 1.69 bits per heavy atom. The number of rotatable bonds is 5. The summed E-state index contributed by atoms with van der Waals surface area (Å²) in [6.07, 6.45) is 2.22. The Hall–Kier alpha value is -1.71. The highest BCUT2D eigenvalue weighted by Crippen LogP contribution is 1.93. The summed E-state index contributed by atoms with van der Waals surface area (Å²) in [7, 11) is 0. The molecule has 0 aromatic rings. The number of aliphatic imine (C=N–C) groups is 1. The van der Waals surface area contributed by atoms with Crippen LogP contribution in [0, 0.1) is 5.41 Å². The molecule has 0 heterocycles. The molecule has 0 aliphatic carbocycles. The zero-order valence-electron chi connectivity index (χ0n) is 7.54. The molecule has 4 nitrogen and oxygen atoms in total. The molecule has 0 aromatic carbocycles. The number of hydrogen-bond acceptors (Lipinski definition) is 4. The summed E-state index contributed by atoms with van der Waals surface area (Å²) >= 11 is 0. The van der Waals surface area contributed by atoms with Crippen molar-refractivity contribution in [3.63, 3.8) is 0 Å². The van der Waals surface area contributed by atoms with Crippen LogP contribution in [0.25, 0.3) is 0 Å². The molecule has 0 saturated carbocycles. The Bertz CT molecular complexity index is 267. The predicted octanol–water partition coefficient (Wildman–Crippen LogP) is 1.34. The highest BCUT2D eigenvalue weighted by atomic mass is 16.5. The molecule has 0 aromatic heterocycles. The maximum atomic E-state index is 11.1. The first-order chi connectivity index (χ1) is 6.15. The molecule has 0 spiro atoms. The van der Waals surface area contributed by atoms with Crippen LogP contribution in [0.15, 0.2) is 29.9 Å². The van der Waals surface area contributed by atoms with Crippen molar-refractivity contribution >= 4 is 17.9 Å². The van der Waals surface area contributed by atoms with Gasteiger partial charge in [-0.2, -0.15) is 0 Å². The Labute approximate surface area is 77.1 Å². The number of esters is 1. The molecule has 0 unspecified atom stereocenters. The van der Waals surface area contributed by atoms with Crippen LogP contribution in [-0.4, -0.2) is 24.5 Å². The van der Waals surface area contributed by atoms with Crippen molar-refractivity contribution in [1.29, 1.82) is 5.41 Å². The molecule has 0 saturated heterocycles. The Balaban J connectivity index is 4.58. The van der Waals surface area contributed by atoms with Crippen LogP contribution in [-0.2, 0) is 9.53 Å². The van der Waals surface area contributed by atoms with Crippen molar-refractivity contribution in [3.05, 3.63) is 24.9 Å². The van der Waals surface area contributed by atoms with E-state index in [2.05, 4.69) is 22.9 Å². The summed E-state index contributed by atoms with van der Waals surface area (Å²) in [6.45, 7) is 8.80. The predicted molar refractivity (Wildman–Crippen MR) is 52.2 cm³/mol. The van der Waals surface area contributed by atoms with Crippen molar-refractivity contribution < 1.29 is 9.53 Å². The second-order valence-electron chi connectivity index (χ2n) is 2.06. The van der Waals surface area contributed by atoms with Gasteiger partial charge in [0, 0.05) is 6.21 Å². The molecule has 0 bridgehead atoms. The quantitative estimate of drug-likeness (QED) is 0.512. The van der Waals surface area contributed by atoms with Gasteiger partial charge in [-0.25, -0.2) is 9.79 Å². The molecule has 0 rings (SSSR count). The van der Waals surface area contributed by atoms with Gasteiger partial charge in [-0.05, 0) is 13.0 Å². The van der Waals surface area contributed by atoms with E-state index >= 15 is 0 Å². The van der Waals surface area contributed by atoms with Crippen LogP contribution >= 0.6 is 0 Å². The summed E-state index contributed by atoms with van der Waals surface area (Å²) in [5.41, 5.74) is 0.248. The number of carbonyl (C=O) groups is 1. The fraction of sp³-hybridized carbons (Fsp3) is 0.222. The second kappa shape index (κ2) is 5.88. The second-order valence-corrected chi connectivity index (χ2v) is 2.06. The molecule has 0 aliphatic rings. The summed E-state index contributed by atoms with van der Waals surface area (Å²) in [6, 6.07) is 0. The molecule has 0 fully saturated rings. The minimum atomic E-state index is -0.555. The van der Waals surface area contributed by atoms with Crippen LogP contribution in [0.2, 0.25) is 0 Å². The fourth-order valence-electron chi connectivity index (χ4n) is 0.567. The molecule has 0 radical (unpaired) electrons. The average Bonchev–Trinajstić information content (AvgIpc) is 2.14. The van der Waals surface area contributed by atoms with Gasteiger partial charge in [-0.1, -0.05) is 13.2 Å². The molecular weight excluding hydrogens is 168 g/mol. The first-order valence-corrected chi connectivity index (χ1v) is 3.73.